The molecule has 2 atom stereocenters. The summed E-state index contributed by atoms with van der Waals surface area (Å²) in [5.41, 5.74) is 12.2. The summed E-state index contributed by atoms with van der Waals surface area (Å²) in [7, 11) is 0. The number of benzene rings is 1. The Morgan fingerprint density at radius 3 is 2.82 bits per heavy atom. The molecule has 4 rings (SSSR count). The molecule has 28 heavy (non-hydrogen) atoms. The first-order chi connectivity index (χ1) is 13.7. The lowest BCUT2D eigenvalue weighted by Crippen LogP contribution is -2.24. The number of nitrogens with one attached hydrogen (secondary N) is 1. The number of aromatic nitrogens is 1. The molecule has 0 aliphatic heterocycles. The number of fused-ring (bicyclic) bond motifs is 5. The van der Waals surface area contributed by atoms with Crippen LogP contribution in [-0.4, -0.2) is 18.1 Å². The van der Waals surface area contributed by atoms with Gasteiger partial charge in [0.15, 0.2) is 0 Å². The predicted octanol–water partition coefficient (Wildman–Crippen LogP) is 6.21. The number of pyridine rings is 1. The van der Waals surface area contributed by atoms with Gasteiger partial charge < -0.3 is 11.1 Å². The number of halogens is 1. The monoisotopic (exact) mass is 397 g/mol. The van der Waals surface area contributed by atoms with E-state index in [1.165, 1.54) is 60.0 Å². The maximum Gasteiger partial charge on any atom is 0.0741 e. The highest BCUT2D eigenvalue weighted by Gasteiger charge is 2.33. The third-order valence-electron chi connectivity index (χ3n) is 6.29. The number of nitrogens with two attached hydrogens (primary N) is 1. The van der Waals surface area contributed by atoms with Crippen molar-refractivity contribution in [3.05, 3.63) is 46.1 Å². The molecule has 2 aliphatic rings. The highest BCUT2D eigenvalue weighted by atomic mass is 35.5. The average molecular weight is 398 g/mol. The smallest absolute Gasteiger partial charge is 0.0741 e. The van der Waals surface area contributed by atoms with Crippen LogP contribution in [0.1, 0.15) is 69.0 Å². The van der Waals surface area contributed by atoms with Gasteiger partial charge in [-0.05, 0) is 75.6 Å². The highest BCUT2D eigenvalue weighted by Crippen LogP contribution is 2.47. The van der Waals surface area contributed by atoms with Crippen LogP contribution in [-0.2, 0) is 6.42 Å². The molecular weight excluding hydrogens is 366 g/mol. The number of allylic oxidation sites excluding steroid dienone is 2. The lowest BCUT2D eigenvalue weighted by Gasteiger charge is -2.36. The van der Waals surface area contributed by atoms with Gasteiger partial charge in [0.1, 0.15) is 0 Å². The number of hydrogen-bond donors (Lipinski definition) is 2. The van der Waals surface area contributed by atoms with E-state index >= 15 is 0 Å². The van der Waals surface area contributed by atoms with Crippen molar-refractivity contribution in [3.8, 4) is 0 Å². The fraction of sp³-hybridized carbons (Fsp3) is 0.542. The van der Waals surface area contributed by atoms with E-state index in [1.54, 1.807) is 0 Å². The Balaban J connectivity index is 1.60. The van der Waals surface area contributed by atoms with Crippen LogP contribution in [0.25, 0.3) is 10.9 Å². The molecule has 0 spiro atoms. The zero-order valence-electron chi connectivity index (χ0n) is 16.9. The molecule has 1 aromatic carbocycles. The van der Waals surface area contributed by atoms with Crippen molar-refractivity contribution in [1.82, 2.24) is 4.98 Å². The first kappa shape index (κ1) is 19.7. The van der Waals surface area contributed by atoms with Gasteiger partial charge in [0, 0.05) is 33.9 Å². The van der Waals surface area contributed by atoms with E-state index in [9.17, 15) is 0 Å². The van der Waals surface area contributed by atoms with Crippen molar-refractivity contribution >= 4 is 28.2 Å². The van der Waals surface area contributed by atoms with E-state index in [0.29, 0.717) is 11.8 Å². The number of rotatable bonds is 8. The van der Waals surface area contributed by atoms with Crippen molar-refractivity contribution in [2.75, 3.05) is 18.4 Å². The fourth-order valence-corrected chi connectivity index (χ4v) is 5.26. The minimum Gasteiger partial charge on any atom is -0.384 e. The molecule has 0 saturated carbocycles. The van der Waals surface area contributed by atoms with Gasteiger partial charge in [-0.1, -0.05) is 42.5 Å². The average Bonchev–Trinajstić information content (AvgIpc) is 2.65. The summed E-state index contributed by atoms with van der Waals surface area (Å²) in [6.45, 7) is 4.11. The zero-order chi connectivity index (χ0) is 19.5. The minimum absolute atomic E-state index is 0.596. The number of nitrogens with zero attached hydrogens (tertiary/aromatic N) is 1. The van der Waals surface area contributed by atoms with Gasteiger partial charge in [-0.25, -0.2) is 0 Å². The van der Waals surface area contributed by atoms with E-state index in [0.717, 1.165) is 42.9 Å². The molecule has 1 heterocycles. The van der Waals surface area contributed by atoms with Gasteiger partial charge in [0.25, 0.3) is 0 Å². The number of anilines is 1. The molecule has 2 aromatic rings. The van der Waals surface area contributed by atoms with E-state index in [4.69, 9.17) is 22.3 Å². The van der Waals surface area contributed by atoms with E-state index in [1.807, 2.05) is 12.1 Å². The normalized spacial score (nSPS) is 20.8. The van der Waals surface area contributed by atoms with Gasteiger partial charge in [-0.2, -0.15) is 0 Å². The van der Waals surface area contributed by atoms with Crippen molar-refractivity contribution < 1.29 is 0 Å². The van der Waals surface area contributed by atoms with Crippen LogP contribution in [0.5, 0.6) is 0 Å². The van der Waals surface area contributed by atoms with Crippen LogP contribution >= 0.6 is 11.6 Å². The van der Waals surface area contributed by atoms with E-state index in [2.05, 4.69) is 24.4 Å². The van der Waals surface area contributed by atoms with Gasteiger partial charge in [0.05, 0.1) is 5.52 Å². The van der Waals surface area contributed by atoms with E-state index < -0.39 is 0 Å². The molecule has 0 fully saturated rings. The third kappa shape index (κ3) is 4.21. The SMILES string of the molecule is CC1=C[C@H]2Cc3nc4cc(Cl)ccc4c(NCCCCCCCN)c3[C@@H](C1)C2. The third-order valence-corrected chi connectivity index (χ3v) is 6.52. The maximum atomic E-state index is 6.28. The second kappa shape index (κ2) is 8.84. The molecular formula is C24H32ClN3. The van der Waals surface area contributed by atoms with Gasteiger partial charge in [-0.3, -0.25) is 4.98 Å². The van der Waals surface area contributed by atoms with Crippen LogP contribution in [0.15, 0.2) is 29.8 Å². The summed E-state index contributed by atoms with van der Waals surface area (Å²) in [4.78, 5) is 5.06. The Bertz CT molecular complexity index is 874. The topological polar surface area (TPSA) is 50.9 Å². The molecule has 2 bridgehead atoms. The minimum atomic E-state index is 0.596. The Morgan fingerprint density at radius 1 is 1.14 bits per heavy atom. The van der Waals surface area contributed by atoms with Crippen molar-refractivity contribution in [2.24, 2.45) is 11.7 Å². The number of hydrogen-bond acceptors (Lipinski definition) is 3. The second-order valence-corrected chi connectivity index (χ2v) is 9.04. The van der Waals surface area contributed by atoms with Gasteiger partial charge >= 0.3 is 0 Å². The maximum absolute atomic E-state index is 6.28. The molecule has 150 valence electrons. The molecule has 3 nitrogen and oxygen atoms in total. The van der Waals surface area contributed by atoms with Crippen molar-refractivity contribution in [2.45, 2.75) is 64.2 Å². The number of unbranched alkanes of at least 4 members (excludes halogenated alkanes) is 4. The molecule has 0 saturated heterocycles. The molecule has 4 heteroatoms. The van der Waals surface area contributed by atoms with Crippen molar-refractivity contribution in [3.63, 3.8) is 0 Å². The Morgan fingerprint density at radius 2 is 1.96 bits per heavy atom. The zero-order valence-corrected chi connectivity index (χ0v) is 17.7. The predicted molar refractivity (Wildman–Crippen MR) is 120 cm³/mol. The lowest BCUT2D eigenvalue weighted by atomic mass is 9.71. The molecule has 0 unspecified atom stereocenters. The first-order valence-electron chi connectivity index (χ1n) is 10.9. The van der Waals surface area contributed by atoms with Crippen LogP contribution in [0.2, 0.25) is 5.02 Å². The quantitative estimate of drug-likeness (QED) is 0.411. The van der Waals surface area contributed by atoms with Gasteiger partial charge in [-0.15, -0.1) is 0 Å². The Hall–Kier alpha value is -1.58. The highest BCUT2D eigenvalue weighted by molar-refractivity contribution is 6.31. The van der Waals surface area contributed by atoms with Crippen LogP contribution < -0.4 is 11.1 Å². The summed E-state index contributed by atoms with van der Waals surface area (Å²) in [5, 5.41) is 5.80. The molecule has 1 aromatic heterocycles. The van der Waals surface area contributed by atoms with Crippen LogP contribution in [0, 0.1) is 5.92 Å². The summed E-state index contributed by atoms with van der Waals surface area (Å²) in [6.07, 6.45) is 12.1. The lowest BCUT2D eigenvalue weighted by molar-refractivity contribution is 0.433. The standard InChI is InChI=1S/C24H32ClN3/c1-16-11-17-13-18(12-16)23-22(14-17)28-21-15-19(25)7-8-20(21)24(23)27-10-6-4-2-3-5-9-26/h7-8,11,15,17-18H,2-6,9-10,12-14,26H2,1H3,(H,27,28)/t17-,18+/m1/s1. The van der Waals surface area contributed by atoms with E-state index in [-0.39, 0.29) is 0 Å². The van der Waals surface area contributed by atoms with Crippen molar-refractivity contribution in [1.29, 1.82) is 0 Å². The largest absolute Gasteiger partial charge is 0.384 e. The molecule has 0 amide bonds. The molecule has 3 N–H and O–H groups in total. The summed E-state index contributed by atoms with van der Waals surface area (Å²) in [5.74, 6) is 1.24. The first-order valence-corrected chi connectivity index (χ1v) is 11.3. The fourth-order valence-electron chi connectivity index (χ4n) is 5.09. The van der Waals surface area contributed by atoms with Gasteiger partial charge in [0.2, 0.25) is 0 Å². The summed E-state index contributed by atoms with van der Waals surface area (Å²) >= 11 is 6.28. The van der Waals surface area contributed by atoms with Crippen LogP contribution in [0.4, 0.5) is 5.69 Å². The molecule has 0 radical (unpaired) electrons. The Kier molecular flexibility index (Phi) is 6.22. The summed E-state index contributed by atoms with van der Waals surface area (Å²) in [6, 6.07) is 6.15. The van der Waals surface area contributed by atoms with Crippen LogP contribution in [0.3, 0.4) is 0 Å². The molecule has 2 aliphatic carbocycles. The second-order valence-electron chi connectivity index (χ2n) is 8.61. The Labute approximate surface area is 173 Å². The summed E-state index contributed by atoms with van der Waals surface area (Å²) < 4.78 is 0.